The maximum Gasteiger partial charge on any atom is 0.249 e. The number of piperidine rings is 1. The molecule has 39 heavy (non-hydrogen) atoms. The number of carbonyl (C=O) groups is 2. The fraction of sp³-hybridized carbons (Fsp3) is 0.412. The molecule has 3 saturated heterocycles. The molecule has 3 aromatic rings. The molecule has 3 aliphatic rings. The number of hydrogen-bond acceptors (Lipinski definition) is 3. The number of piperazine rings is 1. The van der Waals surface area contributed by atoms with Gasteiger partial charge < -0.3 is 14.7 Å². The number of amides is 2. The Bertz CT molecular complexity index is 1220. The van der Waals surface area contributed by atoms with E-state index in [1.54, 1.807) is 0 Å². The van der Waals surface area contributed by atoms with Crippen molar-refractivity contribution in [3.05, 3.63) is 108 Å². The molecule has 3 aromatic carbocycles. The standard InChI is InChI=1S/C34H39N3O2/c38-32-31-19-11-23-36(31)33(39)34(20-24-35(25-21-34)22-10-14-27-12-4-1-5-13-27)37(32)26-30(28-15-6-2-7-16-28)29-17-8-3-9-18-29/h1-9,12-13,15-18,30-31H,10-11,14,19-26H2. The third-order valence-corrected chi connectivity index (χ3v) is 9.21. The fourth-order valence-electron chi connectivity index (χ4n) is 7.04. The molecule has 0 radical (unpaired) electrons. The van der Waals surface area contributed by atoms with E-state index in [9.17, 15) is 9.59 Å². The van der Waals surface area contributed by atoms with Gasteiger partial charge in [-0.3, -0.25) is 9.59 Å². The second-order valence-electron chi connectivity index (χ2n) is 11.4. The maximum atomic E-state index is 14.2. The molecule has 1 spiro atoms. The highest BCUT2D eigenvalue weighted by Crippen LogP contribution is 2.41. The largest absolute Gasteiger partial charge is 0.329 e. The lowest BCUT2D eigenvalue weighted by atomic mass is 9.79. The summed E-state index contributed by atoms with van der Waals surface area (Å²) in [4.78, 5) is 34.8. The van der Waals surface area contributed by atoms with Crippen molar-refractivity contribution in [1.82, 2.24) is 14.7 Å². The Labute approximate surface area is 232 Å². The second-order valence-corrected chi connectivity index (χ2v) is 11.4. The number of likely N-dealkylation sites (tertiary alicyclic amines) is 1. The Morgan fingerprint density at radius 3 is 1.97 bits per heavy atom. The van der Waals surface area contributed by atoms with Crippen LogP contribution in [0.15, 0.2) is 91.0 Å². The predicted molar refractivity (Wildman–Crippen MR) is 154 cm³/mol. The smallest absolute Gasteiger partial charge is 0.249 e. The number of nitrogens with zero attached hydrogens (tertiary/aromatic N) is 3. The molecule has 5 nitrogen and oxygen atoms in total. The van der Waals surface area contributed by atoms with Gasteiger partial charge in [-0.05, 0) is 61.8 Å². The van der Waals surface area contributed by atoms with E-state index in [-0.39, 0.29) is 23.8 Å². The molecule has 1 atom stereocenters. The summed E-state index contributed by atoms with van der Waals surface area (Å²) >= 11 is 0. The molecule has 0 aliphatic carbocycles. The average molecular weight is 522 g/mol. The van der Waals surface area contributed by atoms with Crippen molar-refractivity contribution in [1.29, 1.82) is 0 Å². The van der Waals surface area contributed by atoms with Crippen LogP contribution in [0.25, 0.3) is 0 Å². The quantitative estimate of drug-likeness (QED) is 0.413. The van der Waals surface area contributed by atoms with Crippen molar-refractivity contribution in [2.75, 3.05) is 32.7 Å². The first-order valence-corrected chi connectivity index (χ1v) is 14.6. The minimum atomic E-state index is -0.740. The van der Waals surface area contributed by atoms with Crippen molar-refractivity contribution >= 4 is 11.8 Å². The van der Waals surface area contributed by atoms with Crippen LogP contribution in [0.5, 0.6) is 0 Å². The van der Waals surface area contributed by atoms with Gasteiger partial charge in [0.05, 0.1) is 0 Å². The zero-order valence-electron chi connectivity index (χ0n) is 22.8. The van der Waals surface area contributed by atoms with Crippen molar-refractivity contribution in [3.63, 3.8) is 0 Å². The first-order chi connectivity index (χ1) is 19.2. The zero-order valence-corrected chi connectivity index (χ0v) is 22.8. The van der Waals surface area contributed by atoms with Gasteiger partial charge in [-0.2, -0.15) is 0 Å². The summed E-state index contributed by atoms with van der Waals surface area (Å²) < 4.78 is 0. The minimum absolute atomic E-state index is 0.0258. The number of hydrogen-bond donors (Lipinski definition) is 0. The summed E-state index contributed by atoms with van der Waals surface area (Å²) in [5.41, 5.74) is 3.01. The first kappa shape index (κ1) is 25.8. The minimum Gasteiger partial charge on any atom is -0.329 e. The molecule has 2 amide bonds. The topological polar surface area (TPSA) is 43.9 Å². The third kappa shape index (κ3) is 5.12. The lowest BCUT2D eigenvalue weighted by Crippen LogP contribution is -2.72. The van der Waals surface area contributed by atoms with Crippen LogP contribution in [0.1, 0.15) is 54.7 Å². The summed E-state index contributed by atoms with van der Waals surface area (Å²) in [6, 6.07) is 31.3. The van der Waals surface area contributed by atoms with E-state index >= 15 is 0 Å². The molecular weight excluding hydrogens is 482 g/mol. The highest BCUT2D eigenvalue weighted by molar-refractivity contribution is 6.00. The number of rotatable bonds is 8. The SMILES string of the molecule is O=C1C2CCCN2C(=O)C2(CCN(CCCc3ccccc3)CC2)N1CC(c1ccccc1)c1ccccc1. The molecule has 5 heteroatoms. The summed E-state index contributed by atoms with van der Waals surface area (Å²) in [6.45, 7) is 3.98. The van der Waals surface area contributed by atoms with Gasteiger partial charge in [0.15, 0.2) is 0 Å². The van der Waals surface area contributed by atoms with Crippen LogP contribution in [-0.2, 0) is 16.0 Å². The summed E-state index contributed by atoms with van der Waals surface area (Å²) in [5, 5.41) is 0. The Hall–Kier alpha value is -3.44. The molecule has 3 fully saturated rings. The third-order valence-electron chi connectivity index (χ3n) is 9.21. The predicted octanol–water partition coefficient (Wildman–Crippen LogP) is 5.12. The second kappa shape index (κ2) is 11.4. The highest BCUT2D eigenvalue weighted by Gasteiger charge is 2.58. The van der Waals surface area contributed by atoms with Gasteiger partial charge in [0.2, 0.25) is 11.8 Å². The molecule has 3 aliphatic heterocycles. The summed E-state index contributed by atoms with van der Waals surface area (Å²) in [6.07, 6.45) is 5.29. The Morgan fingerprint density at radius 2 is 1.36 bits per heavy atom. The first-order valence-electron chi connectivity index (χ1n) is 14.6. The van der Waals surface area contributed by atoms with Crippen molar-refractivity contribution in [2.24, 2.45) is 0 Å². The molecule has 1 unspecified atom stereocenters. The fourth-order valence-corrected chi connectivity index (χ4v) is 7.04. The monoisotopic (exact) mass is 521 g/mol. The highest BCUT2D eigenvalue weighted by atomic mass is 16.2. The zero-order chi connectivity index (χ0) is 26.7. The lowest BCUT2D eigenvalue weighted by molar-refractivity contribution is -0.172. The van der Waals surface area contributed by atoms with Gasteiger partial charge in [-0.25, -0.2) is 0 Å². The molecule has 202 valence electrons. The van der Waals surface area contributed by atoms with Gasteiger partial charge in [-0.15, -0.1) is 0 Å². The Balaban J connectivity index is 1.24. The van der Waals surface area contributed by atoms with Crippen molar-refractivity contribution in [3.8, 4) is 0 Å². The van der Waals surface area contributed by atoms with Gasteiger partial charge in [0.25, 0.3) is 0 Å². The van der Waals surface area contributed by atoms with Crippen LogP contribution in [0.4, 0.5) is 0 Å². The normalized spacial score (nSPS) is 21.1. The van der Waals surface area contributed by atoms with E-state index in [1.807, 2.05) is 21.9 Å². The van der Waals surface area contributed by atoms with E-state index in [0.717, 1.165) is 45.3 Å². The van der Waals surface area contributed by atoms with Gasteiger partial charge in [0, 0.05) is 32.1 Å². The van der Waals surface area contributed by atoms with Crippen LogP contribution >= 0.6 is 0 Å². The van der Waals surface area contributed by atoms with E-state index in [0.29, 0.717) is 25.9 Å². The van der Waals surface area contributed by atoms with Gasteiger partial charge >= 0.3 is 0 Å². The maximum absolute atomic E-state index is 14.2. The Morgan fingerprint density at radius 1 is 0.769 bits per heavy atom. The number of fused-ring (bicyclic) bond motifs is 1. The van der Waals surface area contributed by atoms with E-state index in [1.165, 1.54) is 16.7 Å². The van der Waals surface area contributed by atoms with Crippen molar-refractivity contribution in [2.45, 2.75) is 56.0 Å². The molecular formula is C34H39N3O2. The van der Waals surface area contributed by atoms with E-state index in [2.05, 4.69) is 83.8 Å². The van der Waals surface area contributed by atoms with Gasteiger partial charge in [0.1, 0.15) is 11.6 Å². The average Bonchev–Trinajstić information content (AvgIpc) is 3.49. The van der Waals surface area contributed by atoms with E-state index in [4.69, 9.17) is 0 Å². The van der Waals surface area contributed by atoms with Crippen LogP contribution in [-0.4, -0.2) is 70.8 Å². The molecule has 3 heterocycles. The molecule has 0 N–H and O–H groups in total. The molecule has 0 bridgehead atoms. The van der Waals surface area contributed by atoms with Crippen LogP contribution < -0.4 is 0 Å². The number of benzene rings is 3. The van der Waals surface area contributed by atoms with E-state index < -0.39 is 5.54 Å². The number of carbonyl (C=O) groups excluding carboxylic acids is 2. The van der Waals surface area contributed by atoms with Crippen LogP contribution in [0, 0.1) is 0 Å². The molecule has 0 aromatic heterocycles. The number of aryl methyl sites for hydroxylation is 1. The lowest BCUT2D eigenvalue weighted by Gasteiger charge is -2.54. The molecule has 0 saturated carbocycles. The summed E-state index contributed by atoms with van der Waals surface area (Å²) in [7, 11) is 0. The summed E-state index contributed by atoms with van der Waals surface area (Å²) in [5.74, 6) is 0.368. The van der Waals surface area contributed by atoms with Crippen molar-refractivity contribution < 1.29 is 9.59 Å². The van der Waals surface area contributed by atoms with Crippen LogP contribution in [0.3, 0.4) is 0 Å². The molecule has 6 rings (SSSR count). The van der Waals surface area contributed by atoms with Crippen LogP contribution in [0.2, 0.25) is 0 Å². The van der Waals surface area contributed by atoms with Gasteiger partial charge in [-0.1, -0.05) is 91.0 Å². The Kier molecular flexibility index (Phi) is 7.51.